The number of anilines is 1. The highest BCUT2D eigenvalue weighted by Gasteiger charge is 2.26. The summed E-state index contributed by atoms with van der Waals surface area (Å²) in [5.41, 5.74) is 0.725. The molecule has 1 heterocycles. The summed E-state index contributed by atoms with van der Waals surface area (Å²) in [5, 5.41) is 5.00. The summed E-state index contributed by atoms with van der Waals surface area (Å²) in [6.07, 6.45) is 0.640. The van der Waals surface area contributed by atoms with E-state index < -0.39 is 0 Å². The van der Waals surface area contributed by atoms with E-state index in [-0.39, 0.29) is 42.9 Å². The molecule has 2 N–H and O–H groups in total. The summed E-state index contributed by atoms with van der Waals surface area (Å²) < 4.78 is 1.03. The van der Waals surface area contributed by atoms with E-state index in [0.717, 1.165) is 9.26 Å². The standard InChI is InChI=1S/C13H13IN2O3/c14-9-2-1-3-10(7-9)15-11(17)4-8-5-12(18)16-13(19)6-8/h1-3,7-8H,4-6H2,(H,15,17)(H,16,18,19). The van der Waals surface area contributed by atoms with Crippen LogP contribution in [0.1, 0.15) is 19.3 Å². The lowest BCUT2D eigenvalue weighted by atomic mass is 9.93. The molecule has 1 saturated heterocycles. The van der Waals surface area contributed by atoms with Gasteiger partial charge < -0.3 is 5.32 Å². The molecule has 19 heavy (non-hydrogen) atoms. The smallest absolute Gasteiger partial charge is 0.226 e. The first-order chi connectivity index (χ1) is 9.02. The molecular weight excluding hydrogens is 359 g/mol. The molecule has 1 aromatic carbocycles. The maximum absolute atomic E-state index is 11.8. The second kappa shape index (κ2) is 6.14. The quantitative estimate of drug-likeness (QED) is 0.626. The molecule has 5 nitrogen and oxygen atoms in total. The number of halogens is 1. The zero-order chi connectivity index (χ0) is 13.8. The van der Waals surface area contributed by atoms with Crippen molar-refractivity contribution < 1.29 is 14.4 Å². The average Bonchev–Trinajstić information content (AvgIpc) is 2.26. The Bertz CT molecular complexity index is 514. The van der Waals surface area contributed by atoms with Crippen LogP contribution < -0.4 is 10.6 Å². The van der Waals surface area contributed by atoms with Gasteiger partial charge in [-0.25, -0.2) is 0 Å². The molecule has 0 bridgehead atoms. The summed E-state index contributed by atoms with van der Waals surface area (Å²) in [6, 6.07) is 7.45. The van der Waals surface area contributed by atoms with Crippen molar-refractivity contribution in [1.29, 1.82) is 0 Å². The van der Waals surface area contributed by atoms with Crippen LogP contribution in [0.15, 0.2) is 24.3 Å². The molecule has 0 spiro atoms. The van der Waals surface area contributed by atoms with Crippen LogP contribution in [0.2, 0.25) is 0 Å². The molecule has 1 aromatic rings. The number of amides is 3. The maximum Gasteiger partial charge on any atom is 0.226 e. The predicted octanol–water partition coefficient (Wildman–Crippen LogP) is 1.67. The fourth-order valence-electron chi connectivity index (χ4n) is 2.04. The number of benzene rings is 1. The Kier molecular flexibility index (Phi) is 4.52. The zero-order valence-electron chi connectivity index (χ0n) is 10.1. The number of hydrogen-bond acceptors (Lipinski definition) is 3. The van der Waals surface area contributed by atoms with Crippen LogP contribution >= 0.6 is 22.6 Å². The van der Waals surface area contributed by atoms with Crippen molar-refractivity contribution in [2.45, 2.75) is 19.3 Å². The fourth-order valence-corrected chi connectivity index (χ4v) is 2.58. The second-order valence-corrected chi connectivity index (χ2v) is 5.75. The van der Waals surface area contributed by atoms with Gasteiger partial charge in [-0.05, 0) is 46.7 Å². The highest BCUT2D eigenvalue weighted by Crippen LogP contribution is 2.19. The molecule has 0 aliphatic carbocycles. The number of rotatable bonds is 3. The molecule has 3 amide bonds. The van der Waals surface area contributed by atoms with E-state index in [1.807, 2.05) is 18.2 Å². The molecule has 1 aliphatic heterocycles. The van der Waals surface area contributed by atoms with Gasteiger partial charge in [-0.1, -0.05) is 6.07 Å². The third kappa shape index (κ3) is 4.30. The summed E-state index contributed by atoms with van der Waals surface area (Å²) in [6.45, 7) is 0. The molecule has 0 aromatic heterocycles. The Morgan fingerprint density at radius 2 is 2.00 bits per heavy atom. The van der Waals surface area contributed by atoms with Gasteiger partial charge in [-0.2, -0.15) is 0 Å². The van der Waals surface area contributed by atoms with Gasteiger partial charge in [-0.15, -0.1) is 0 Å². The number of piperidine rings is 1. The number of carbonyl (C=O) groups excluding carboxylic acids is 3. The van der Waals surface area contributed by atoms with Gasteiger partial charge in [0.2, 0.25) is 17.7 Å². The van der Waals surface area contributed by atoms with E-state index in [2.05, 4.69) is 33.2 Å². The van der Waals surface area contributed by atoms with Crippen LogP contribution in [0.3, 0.4) is 0 Å². The van der Waals surface area contributed by atoms with Crippen molar-refractivity contribution in [2.24, 2.45) is 5.92 Å². The minimum atomic E-state index is -0.302. The van der Waals surface area contributed by atoms with Crippen molar-refractivity contribution in [2.75, 3.05) is 5.32 Å². The lowest BCUT2D eigenvalue weighted by Crippen LogP contribution is -2.39. The molecular formula is C13H13IN2O3. The molecule has 0 atom stereocenters. The van der Waals surface area contributed by atoms with Gasteiger partial charge in [0.15, 0.2) is 0 Å². The minimum absolute atomic E-state index is 0.172. The van der Waals surface area contributed by atoms with Crippen molar-refractivity contribution in [3.63, 3.8) is 0 Å². The van der Waals surface area contributed by atoms with Gasteiger partial charge in [0.05, 0.1) is 0 Å². The predicted molar refractivity (Wildman–Crippen MR) is 78.3 cm³/mol. The molecule has 6 heteroatoms. The number of nitrogens with one attached hydrogen (secondary N) is 2. The molecule has 0 saturated carbocycles. The molecule has 1 fully saturated rings. The molecule has 0 radical (unpaired) electrons. The van der Waals surface area contributed by atoms with E-state index in [9.17, 15) is 14.4 Å². The normalized spacial score (nSPS) is 16.1. The minimum Gasteiger partial charge on any atom is -0.326 e. The lowest BCUT2D eigenvalue weighted by Gasteiger charge is -2.20. The van der Waals surface area contributed by atoms with Crippen LogP contribution in [0.25, 0.3) is 0 Å². The van der Waals surface area contributed by atoms with E-state index in [1.165, 1.54) is 0 Å². The Hall–Kier alpha value is -1.44. The molecule has 100 valence electrons. The Morgan fingerprint density at radius 1 is 1.32 bits per heavy atom. The van der Waals surface area contributed by atoms with Crippen molar-refractivity contribution in [3.8, 4) is 0 Å². The highest BCUT2D eigenvalue weighted by atomic mass is 127. The second-order valence-electron chi connectivity index (χ2n) is 4.51. The summed E-state index contributed by atoms with van der Waals surface area (Å²) in [5.74, 6) is -0.981. The summed E-state index contributed by atoms with van der Waals surface area (Å²) in [4.78, 5) is 34.3. The van der Waals surface area contributed by atoms with Crippen molar-refractivity contribution >= 4 is 46.0 Å². The third-order valence-corrected chi connectivity index (χ3v) is 3.48. The first-order valence-corrected chi connectivity index (χ1v) is 6.99. The number of hydrogen-bond donors (Lipinski definition) is 2. The van der Waals surface area contributed by atoms with Crippen LogP contribution in [0.4, 0.5) is 5.69 Å². The van der Waals surface area contributed by atoms with Crippen LogP contribution in [-0.2, 0) is 14.4 Å². The number of carbonyl (C=O) groups is 3. The van der Waals surface area contributed by atoms with Gasteiger partial charge in [-0.3, -0.25) is 19.7 Å². The van der Waals surface area contributed by atoms with Crippen molar-refractivity contribution in [1.82, 2.24) is 5.32 Å². The van der Waals surface area contributed by atoms with Gasteiger partial charge in [0.25, 0.3) is 0 Å². The van der Waals surface area contributed by atoms with Crippen LogP contribution in [-0.4, -0.2) is 17.7 Å². The summed E-state index contributed by atoms with van der Waals surface area (Å²) in [7, 11) is 0. The van der Waals surface area contributed by atoms with E-state index in [1.54, 1.807) is 6.07 Å². The van der Waals surface area contributed by atoms with Gasteiger partial charge in [0, 0.05) is 28.5 Å². The van der Waals surface area contributed by atoms with Gasteiger partial charge in [0.1, 0.15) is 0 Å². The summed E-state index contributed by atoms with van der Waals surface area (Å²) >= 11 is 2.16. The Balaban J connectivity index is 1.91. The first kappa shape index (κ1) is 14.0. The lowest BCUT2D eigenvalue weighted by molar-refractivity contribution is -0.135. The van der Waals surface area contributed by atoms with Gasteiger partial charge >= 0.3 is 0 Å². The maximum atomic E-state index is 11.8. The van der Waals surface area contributed by atoms with E-state index in [0.29, 0.717) is 0 Å². The average molecular weight is 372 g/mol. The van der Waals surface area contributed by atoms with Crippen molar-refractivity contribution in [3.05, 3.63) is 27.8 Å². The zero-order valence-corrected chi connectivity index (χ0v) is 12.3. The molecule has 0 unspecified atom stereocenters. The fraction of sp³-hybridized carbons (Fsp3) is 0.308. The first-order valence-electron chi connectivity index (χ1n) is 5.91. The number of imide groups is 1. The van der Waals surface area contributed by atoms with E-state index >= 15 is 0 Å². The Labute approximate surface area is 124 Å². The third-order valence-electron chi connectivity index (χ3n) is 2.81. The largest absolute Gasteiger partial charge is 0.326 e. The van der Waals surface area contributed by atoms with Crippen LogP contribution in [0, 0.1) is 9.49 Å². The SMILES string of the molecule is O=C1CC(CC(=O)Nc2cccc(I)c2)CC(=O)N1. The van der Waals surface area contributed by atoms with Crippen LogP contribution in [0.5, 0.6) is 0 Å². The monoisotopic (exact) mass is 372 g/mol. The van der Waals surface area contributed by atoms with E-state index in [4.69, 9.17) is 0 Å². The Morgan fingerprint density at radius 3 is 2.63 bits per heavy atom. The topological polar surface area (TPSA) is 75.3 Å². The highest BCUT2D eigenvalue weighted by molar-refractivity contribution is 14.1. The molecule has 1 aliphatic rings. The molecule has 2 rings (SSSR count).